The maximum absolute atomic E-state index is 13.8. The van der Waals surface area contributed by atoms with E-state index in [-0.39, 0.29) is 6.61 Å². The molecule has 356 valence electrons. The third-order valence-electron chi connectivity index (χ3n) is 13.6. The van der Waals surface area contributed by atoms with Crippen molar-refractivity contribution in [1.82, 2.24) is 19.9 Å². The Labute approximate surface area is 410 Å². The second-order valence-electron chi connectivity index (χ2n) is 19.6. The van der Waals surface area contributed by atoms with Crippen molar-refractivity contribution in [3.05, 3.63) is 150 Å². The molecular weight excluding hydrogens is 895 g/mol. The molecule has 0 unspecified atom stereocenters. The van der Waals surface area contributed by atoms with E-state index < -0.39 is 48.2 Å². The zero-order valence-corrected chi connectivity index (χ0v) is 40.5. The molecule has 71 heavy (non-hydrogen) atoms. The molecule has 2 N–H and O–H groups in total. The van der Waals surface area contributed by atoms with Gasteiger partial charge >= 0.3 is 5.97 Å². The fraction of sp³-hybridized carbons (Fsp3) is 0.263. The van der Waals surface area contributed by atoms with Gasteiger partial charge in [0.25, 0.3) is 0 Å². The van der Waals surface area contributed by atoms with Gasteiger partial charge in [-0.05, 0) is 111 Å². The molecule has 0 aliphatic carbocycles. The van der Waals surface area contributed by atoms with E-state index in [9.17, 15) is 4.79 Å². The number of aromatic amines is 2. The number of benzene rings is 1. The maximum atomic E-state index is 13.8. The van der Waals surface area contributed by atoms with Crippen molar-refractivity contribution < 1.29 is 46.9 Å². The summed E-state index contributed by atoms with van der Waals surface area (Å²) in [4.78, 5) is 32.3. The fourth-order valence-electron chi connectivity index (χ4n) is 10.3. The van der Waals surface area contributed by atoms with Crippen LogP contribution in [-0.4, -0.2) is 74.8 Å². The monoisotopic (exact) mass is 948 g/mol. The summed E-state index contributed by atoms with van der Waals surface area (Å²) >= 11 is 0. The minimum Gasteiger partial charge on any atom is -0.459 e. The Morgan fingerprint density at radius 2 is 0.873 bits per heavy atom. The van der Waals surface area contributed by atoms with Crippen molar-refractivity contribution in [2.75, 3.05) is 6.61 Å². The average molecular weight is 949 g/mol. The fourth-order valence-corrected chi connectivity index (χ4v) is 10.3. The summed E-state index contributed by atoms with van der Waals surface area (Å²) in [5, 5.41) is 0. The van der Waals surface area contributed by atoms with Crippen LogP contribution in [0, 0.1) is 0 Å². The van der Waals surface area contributed by atoms with Gasteiger partial charge < -0.3 is 38.4 Å². The smallest absolute Gasteiger partial charge is 0.338 e. The molecule has 12 rings (SSSR count). The van der Waals surface area contributed by atoms with Crippen molar-refractivity contribution in [1.29, 1.82) is 0 Å². The lowest BCUT2D eigenvalue weighted by Crippen LogP contribution is -2.56. The average Bonchev–Trinajstić information content (AvgIpc) is 4.23. The van der Waals surface area contributed by atoms with Gasteiger partial charge in [0.1, 0.15) is 52.2 Å². The molecule has 5 aliphatic rings. The van der Waals surface area contributed by atoms with Crippen LogP contribution in [0.5, 0.6) is 0 Å². The Hall–Kier alpha value is -7.46. The minimum absolute atomic E-state index is 0.0689. The lowest BCUT2D eigenvalue weighted by molar-refractivity contribution is -0.671. The molecule has 0 saturated carbocycles. The summed E-state index contributed by atoms with van der Waals surface area (Å²) in [7, 11) is 6.04. The van der Waals surface area contributed by atoms with Gasteiger partial charge in [-0.3, -0.25) is 0 Å². The van der Waals surface area contributed by atoms with E-state index in [0.717, 1.165) is 89.4 Å². The normalized spacial score (nSPS) is 21.5. The van der Waals surface area contributed by atoms with Crippen molar-refractivity contribution >= 4 is 52.3 Å². The summed E-state index contributed by atoms with van der Waals surface area (Å²) in [6.07, 6.45) is 17.8. The van der Waals surface area contributed by atoms with E-state index >= 15 is 0 Å². The molecule has 6 aromatic heterocycles. The van der Waals surface area contributed by atoms with Gasteiger partial charge in [0.05, 0.1) is 28.3 Å². The van der Waals surface area contributed by atoms with Crippen LogP contribution in [0.1, 0.15) is 60.8 Å². The minimum atomic E-state index is -0.875. The number of esters is 1. The number of hydrogen-bond donors (Lipinski definition) is 2. The number of carbonyl (C=O) groups excluding carboxylic acids is 1. The lowest BCUT2D eigenvalue weighted by atomic mass is 9.99. The van der Waals surface area contributed by atoms with E-state index in [0.29, 0.717) is 5.56 Å². The quantitative estimate of drug-likeness (QED) is 0.119. The summed E-state index contributed by atoms with van der Waals surface area (Å²) in [5.74, 6) is -2.24. The van der Waals surface area contributed by atoms with E-state index in [1.165, 1.54) is 0 Å². The van der Waals surface area contributed by atoms with Crippen LogP contribution in [0.25, 0.3) is 90.9 Å². The molecule has 8 bridgehead atoms. The Morgan fingerprint density at radius 1 is 0.507 bits per heavy atom. The number of pyridine rings is 3. The Balaban J connectivity index is 0.997. The van der Waals surface area contributed by atoms with E-state index in [1.54, 1.807) is 12.1 Å². The van der Waals surface area contributed by atoms with Crippen molar-refractivity contribution in [3.63, 3.8) is 0 Å². The molecule has 14 heteroatoms. The molecule has 14 nitrogen and oxygen atoms in total. The first-order chi connectivity index (χ1) is 34.2. The van der Waals surface area contributed by atoms with Gasteiger partial charge in [-0.15, -0.1) is 0 Å². The number of rotatable bonds is 7. The van der Waals surface area contributed by atoms with Crippen molar-refractivity contribution in [3.8, 4) is 44.5 Å². The molecule has 11 heterocycles. The van der Waals surface area contributed by atoms with Gasteiger partial charge in [-0.25, -0.2) is 28.5 Å². The second-order valence-corrected chi connectivity index (χ2v) is 19.6. The van der Waals surface area contributed by atoms with Crippen molar-refractivity contribution in [2.24, 2.45) is 21.1 Å². The molecule has 1 aromatic carbocycles. The zero-order chi connectivity index (χ0) is 48.8. The number of fused-ring (bicyclic) bond motifs is 11. The Kier molecular flexibility index (Phi) is 10.8. The zero-order valence-electron chi connectivity index (χ0n) is 40.5. The van der Waals surface area contributed by atoms with Gasteiger partial charge in [-0.1, -0.05) is 12.1 Å². The molecule has 0 radical (unpaired) electrons. The molecule has 5 atom stereocenters. The summed E-state index contributed by atoms with van der Waals surface area (Å²) < 4.78 is 43.1. The summed E-state index contributed by atoms with van der Waals surface area (Å²) in [6.45, 7) is 7.30. The standard InChI is InChI=1S/C57H53N7O7/c1-56(2)68-51-46(67-55-53(52(51)69-56)70-57(3,4)71-55)32-66-54(65)37-10-8-33(9-11-37)47-38-12-14-40(58-38)48(34-20-26-62(5)27-21-34)42-16-18-44(60-42)50(36-24-30-64(7)31-25-36)45-19-17-43(61-45)49(41-15-13-39(47)59-41)35-22-28-63(6)29-23-35/h8-31,46,51-53,55H,32H2,1-7H3,(H,58,59,60,61)/q+2/p+1/t46-,51+,52+,53-,55-/m1/s1. The summed E-state index contributed by atoms with van der Waals surface area (Å²) in [6, 6.07) is 28.6. The largest absolute Gasteiger partial charge is 0.459 e. The first-order valence-corrected chi connectivity index (χ1v) is 23.9. The number of nitrogens with one attached hydrogen (secondary N) is 2. The highest BCUT2D eigenvalue weighted by Crippen LogP contribution is 2.45. The van der Waals surface area contributed by atoms with E-state index in [4.69, 9.17) is 38.4 Å². The van der Waals surface area contributed by atoms with Crippen molar-refractivity contribution in [2.45, 2.75) is 70.0 Å². The number of H-pyrrole nitrogens is 2. The highest BCUT2D eigenvalue weighted by molar-refractivity contribution is 6.00. The molecule has 3 saturated heterocycles. The summed E-state index contributed by atoms with van der Waals surface area (Å²) in [5.41, 5.74) is 14.7. The van der Waals surface area contributed by atoms with Crippen LogP contribution in [0.15, 0.2) is 122 Å². The Bertz CT molecular complexity index is 3440. The number of hydrogen-bond acceptors (Lipinski definition) is 9. The molecule has 0 amide bonds. The number of ether oxygens (including phenoxy) is 6. The third-order valence-corrected chi connectivity index (χ3v) is 13.6. The highest BCUT2D eigenvalue weighted by Gasteiger charge is 2.61. The molecule has 5 aliphatic heterocycles. The second kappa shape index (κ2) is 17.1. The third kappa shape index (κ3) is 8.36. The number of aromatic nitrogens is 7. The number of aryl methyl sites for hydroxylation is 3. The van der Waals surface area contributed by atoms with Gasteiger partial charge in [0.2, 0.25) is 0 Å². The maximum Gasteiger partial charge on any atom is 0.338 e. The van der Waals surface area contributed by atoms with Gasteiger partial charge in [-0.2, -0.15) is 0 Å². The molecule has 7 aromatic rings. The lowest BCUT2D eigenvalue weighted by Gasteiger charge is -2.36. The molecular formula is C57H54N7O7+3. The predicted molar refractivity (Wildman–Crippen MR) is 267 cm³/mol. The first kappa shape index (κ1) is 44.7. The van der Waals surface area contributed by atoms with E-state index in [2.05, 4.69) is 107 Å². The first-order valence-electron chi connectivity index (χ1n) is 23.9. The van der Waals surface area contributed by atoms with Crippen LogP contribution in [0.3, 0.4) is 0 Å². The van der Waals surface area contributed by atoms with E-state index in [1.807, 2.05) is 99.5 Å². The topological polar surface area (TPSA) is 141 Å². The number of carbonyl (C=O) groups is 1. The Morgan fingerprint density at radius 3 is 1.30 bits per heavy atom. The molecule has 3 fully saturated rings. The predicted octanol–water partition coefficient (Wildman–Crippen LogP) is 8.35. The van der Waals surface area contributed by atoms with Gasteiger partial charge in [0, 0.05) is 80.7 Å². The van der Waals surface area contributed by atoms with Crippen LogP contribution in [0.2, 0.25) is 0 Å². The van der Waals surface area contributed by atoms with Crippen LogP contribution < -0.4 is 13.7 Å². The van der Waals surface area contributed by atoms with Crippen LogP contribution >= 0.6 is 0 Å². The number of nitrogens with zero attached hydrogens (tertiary/aromatic N) is 5. The van der Waals surface area contributed by atoms with Crippen LogP contribution in [0.4, 0.5) is 0 Å². The SMILES string of the molecule is C[n+]1ccc(-c2c3nc(c(-c4cc[n+](C)cc4)c4ccc([nH]4)c(-c4cc[n+](C)cc4)c4nc(c(-c5ccc(C(=O)OC[C@H]6O[C@@H]7OC(C)(C)O[C@@H]7[C@H]7OC(C)(C)O[C@H]76)cc5)c5ccc2[nH]5)C=C4)C=C3)cc1. The highest BCUT2D eigenvalue weighted by atomic mass is 16.9. The van der Waals surface area contributed by atoms with Crippen LogP contribution in [-0.2, 0) is 49.6 Å². The van der Waals surface area contributed by atoms with Gasteiger partial charge in [0.15, 0.2) is 55.0 Å². The molecule has 0 spiro atoms.